The summed E-state index contributed by atoms with van der Waals surface area (Å²) >= 11 is 7.21. The van der Waals surface area contributed by atoms with Gasteiger partial charge in [0.2, 0.25) is 9.84 Å². The van der Waals surface area contributed by atoms with Crippen LogP contribution in [0.15, 0.2) is 98.9 Å². The molecule has 3 aromatic rings. The lowest BCUT2D eigenvalue weighted by Gasteiger charge is -2.05. The molecule has 0 atom stereocenters. The summed E-state index contributed by atoms with van der Waals surface area (Å²) in [5.74, 6) is 0.711. The molecule has 0 spiro atoms. The van der Waals surface area contributed by atoms with Crippen LogP contribution in [0.4, 0.5) is 0 Å². The average Bonchev–Trinajstić information content (AvgIpc) is 2.74. The fraction of sp³-hybridized carbons (Fsp3) is 0.0476. The summed E-state index contributed by atoms with van der Waals surface area (Å²) in [4.78, 5) is 0.384. The van der Waals surface area contributed by atoms with E-state index in [1.54, 1.807) is 24.3 Å². The van der Waals surface area contributed by atoms with E-state index >= 15 is 0 Å². The summed E-state index contributed by atoms with van der Waals surface area (Å²) in [6.07, 6.45) is 1.52. The van der Waals surface area contributed by atoms with E-state index in [4.69, 9.17) is 17.3 Å². The van der Waals surface area contributed by atoms with Crippen LogP contribution in [0.25, 0.3) is 0 Å². The van der Waals surface area contributed by atoms with Crippen LogP contribution in [-0.2, 0) is 15.6 Å². The van der Waals surface area contributed by atoms with Gasteiger partial charge in [-0.3, -0.25) is 0 Å². The van der Waals surface area contributed by atoms with E-state index in [9.17, 15) is 8.42 Å². The Kier molecular flexibility index (Phi) is 7.09. The van der Waals surface area contributed by atoms with Crippen molar-refractivity contribution in [2.24, 2.45) is 15.9 Å². The van der Waals surface area contributed by atoms with Gasteiger partial charge in [-0.15, -0.1) is 5.10 Å². The number of halogens is 1. The highest BCUT2D eigenvalue weighted by atomic mass is 35.5. The van der Waals surface area contributed by atoms with Gasteiger partial charge < -0.3 is 5.73 Å². The molecule has 0 aliphatic carbocycles. The Bertz CT molecular complexity index is 1110. The molecule has 148 valence electrons. The zero-order valence-corrected chi connectivity index (χ0v) is 17.7. The van der Waals surface area contributed by atoms with Gasteiger partial charge in [0.1, 0.15) is 0 Å². The minimum atomic E-state index is -3.59. The Balaban J connectivity index is 1.63. The molecule has 0 amide bonds. The Morgan fingerprint density at radius 1 is 0.931 bits per heavy atom. The fourth-order valence-electron chi connectivity index (χ4n) is 2.40. The second-order valence-electron chi connectivity index (χ2n) is 5.98. The average molecular weight is 444 g/mol. The first-order valence-electron chi connectivity index (χ1n) is 8.59. The Hall–Kier alpha value is -2.61. The molecule has 0 radical (unpaired) electrons. The summed E-state index contributed by atoms with van der Waals surface area (Å²) in [5, 5.41) is 8.76. The standard InChI is InChI=1S/C21H18ClN3O2S2/c22-18-8-12-20(13-9-18)29(26,27)19-10-6-16(7-11-19)14-24-25-21(23)28-15-17-4-2-1-3-5-17/h1-14H,15H2,(H2,23,25). The highest BCUT2D eigenvalue weighted by Crippen LogP contribution is 2.22. The number of sulfone groups is 1. The van der Waals surface area contributed by atoms with E-state index in [0.29, 0.717) is 21.5 Å². The quantitative estimate of drug-likeness (QED) is 0.338. The first-order chi connectivity index (χ1) is 13.9. The van der Waals surface area contributed by atoms with Gasteiger partial charge in [0.25, 0.3) is 0 Å². The zero-order chi connectivity index (χ0) is 20.7. The molecular weight excluding hydrogens is 426 g/mol. The first-order valence-corrected chi connectivity index (χ1v) is 11.4. The molecular formula is C21H18ClN3O2S2. The maximum absolute atomic E-state index is 12.6. The van der Waals surface area contributed by atoms with Gasteiger partial charge in [-0.05, 0) is 47.5 Å². The van der Waals surface area contributed by atoms with Gasteiger partial charge in [-0.2, -0.15) is 5.10 Å². The van der Waals surface area contributed by atoms with Gasteiger partial charge in [0, 0.05) is 10.8 Å². The van der Waals surface area contributed by atoms with Gasteiger partial charge in [0.05, 0.1) is 16.0 Å². The molecule has 2 N–H and O–H groups in total. The van der Waals surface area contributed by atoms with Crippen LogP contribution in [0.5, 0.6) is 0 Å². The van der Waals surface area contributed by atoms with Crippen LogP contribution in [0.1, 0.15) is 11.1 Å². The minimum Gasteiger partial charge on any atom is -0.377 e. The van der Waals surface area contributed by atoms with Crippen molar-refractivity contribution in [2.75, 3.05) is 0 Å². The lowest BCUT2D eigenvalue weighted by Crippen LogP contribution is -2.06. The smallest absolute Gasteiger partial charge is 0.206 e. The molecule has 0 aliphatic rings. The van der Waals surface area contributed by atoms with Crippen LogP contribution in [0.2, 0.25) is 5.02 Å². The second kappa shape index (κ2) is 9.73. The van der Waals surface area contributed by atoms with Gasteiger partial charge in [0.15, 0.2) is 5.17 Å². The van der Waals surface area contributed by atoms with Crippen LogP contribution in [-0.4, -0.2) is 19.8 Å². The van der Waals surface area contributed by atoms with E-state index in [0.717, 1.165) is 5.56 Å². The molecule has 0 heterocycles. The van der Waals surface area contributed by atoms with Crippen LogP contribution in [0.3, 0.4) is 0 Å². The highest BCUT2D eigenvalue weighted by Gasteiger charge is 2.17. The van der Waals surface area contributed by atoms with Gasteiger partial charge >= 0.3 is 0 Å². The number of hydrogen-bond donors (Lipinski definition) is 1. The molecule has 0 saturated carbocycles. The van der Waals surface area contributed by atoms with Crippen molar-refractivity contribution < 1.29 is 8.42 Å². The van der Waals surface area contributed by atoms with E-state index in [2.05, 4.69) is 10.2 Å². The number of hydrogen-bond acceptors (Lipinski definition) is 5. The molecule has 0 saturated heterocycles. The van der Waals surface area contributed by atoms with E-state index in [1.165, 1.54) is 42.2 Å². The van der Waals surface area contributed by atoms with Crippen molar-refractivity contribution in [3.63, 3.8) is 0 Å². The van der Waals surface area contributed by atoms with Crippen molar-refractivity contribution in [3.8, 4) is 0 Å². The SMILES string of the molecule is NC(=NN=Cc1ccc(S(=O)(=O)c2ccc(Cl)cc2)cc1)SCc1ccccc1. The van der Waals surface area contributed by atoms with Crippen LogP contribution >= 0.6 is 23.4 Å². The van der Waals surface area contributed by atoms with Crippen molar-refractivity contribution in [1.82, 2.24) is 0 Å². The molecule has 0 aliphatic heterocycles. The van der Waals surface area contributed by atoms with Crippen molar-refractivity contribution in [1.29, 1.82) is 0 Å². The number of nitrogens with zero attached hydrogens (tertiary/aromatic N) is 2. The molecule has 5 nitrogen and oxygen atoms in total. The van der Waals surface area contributed by atoms with Crippen LogP contribution in [0, 0.1) is 0 Å². The number of benzene rings is 3. The fourth-order valence-corrected chi connectivity index (χ4v) is 4.39. The van der Waals surface area contributed by atoms with Crippen molar-refractivity contribution >= 4 is 44.6 Å². The van der Waals surface area contributed by atoms with Crippen molar-refractivity contribution in [2.45, 2.75) is 15.5 Å². The maximum Gasteiger partial charge on any atom is 0.206 e. The summed E-state index contributed by atoms with van der Waals surface area (Å²) in [6, 6.07) is 22.4. The third-order valence-electron chi connectivity index (χ3n) is 3.91. The molecule has 0 fully saturated rings. The van der Waals surface area contributed by atoms with Gasteiger partial charge in [-0.25, -0.2) is 8.42 Å². The molecule has 29 heavy (non-hydrogen) atoms. The zero-order valence-electron chi connectivity index (χ0n) is 15.3. The van der Waals surface area contributed by atoms with Gasteiger partial charge in [-0.1, -0.05) is 65.8 Å². The summed E-state index contributed by atoms with van der Waals surface area (Å²) in [5.41, 5.74) is 7.72. The number of thioether (sulfide) groups is 1. The highest BCUT2D eigenvalue weighted by molar-refractivity contribution is 8.13. The molecule has 0 bridgehead atoms. The van der Waals surface area contributed by atoms with E-state index in [-0.39, 0.29) is 9.79 Å². The molecule has 3 aromatic carbocycles. The van der Waals surface area contributed by atoms with E-state index in [1.807, 2.05) is 30.3 Å². The number of nitrogens with two attached hydrogens (primary N) is 1. The molecule has 3 rings (SSSR count). The molecule has 8 heteroatoms. The lowest BCUT2D eigenvalue weighted by atomic mass is 10.2. The first kappa shape index (κ1) is 21.1. The van der Waals surface area contributed by atoms with E-state index < -0.39 is 9.84 Å². The predicted octanol–water partition coefficient (Wildman–Crippen LogP) is 4.75. The topological polar surface area (TPSA) is 84.9 Å². The molecule has 0 unspecified atom stereocenters. The Labute approximate surface area is 179 Å². The summed E-state index contributed by atoms with van der Waals surface area (Å²) in [6.45, 7) is 0. The lowest BCUT2D eigenvalue weighted by molar-refractivity contribution is 0.596. The number of rotatable bonds is 6. The second-order valence-corrected chi connectivity index (χ2v) is 9.37. The normalized spacial score (nSPS) is 12.4. The molecule has 0 aromatic heterocycles. The largest absolute Gasteiger partial charge is 0.377 e. The third-order valence-corrected chi connectivity index (χ3v) is 6.80. The number of amidine groups is 1. The summed E-state index contributed by atoms with van der Waals surface area (Å²) in [7, 11) is -3.59. The predicted molar refractivity (Wildman–Crippen MR) is 120 cm³/mol. The summed E-state index contributed by atoms with van der Waals surface area (Å²) < 4.78 is 25.3. The third kappa shape index (κ3) is 5.93. The Morgan fingerprint density at radius 2 is 1.52 bits per heavy atom. The Morgan fingerprint density at radius 3 is 2.14 bits per heavy atom. The maximum atomic E-state index is 12.6. The minimum absolute atomic E-state index is 0.191. The monoisotopic (exact) mass is 443 g/mol. The van der Waals surface area contributed by atoms with Crippen LogP contribution < -0.4 is 5.73 Å². The van der Waals surface area contributed by atoms with Crippen molar-refractivity contribution in [3.05, 3.63) is 95.0 Å².